The van der Waals surface area contributed by atoms with Gasteiger partial charge in [-0.25, -0.2) is 4.98 Å². The van der Waals surface area contributed by atoms with Gasteiger partial charge in [0.05, 0.1) is 5.75 Å². The van der Waals surface area contributed by atoms with Crippen LogP contribution in [0.2, 0.25) is 0 Å². The number of benzene rings is 1. The number of hydrogen-bond acceptors (Lipinski definition) is 7. The second-order valence-corrected chi connectivity index (χ2v) is 7.37. The van der Waals surface area contributed by atoms with Gasteiger partial charge >= 0.3 is 0 Å². The Hall–Kier alpha value is -2.32. The number of hydrogen-bond donors (Lipinski definition) is 1. The van der Waals surface area contributed by atoms with E-state index in [4.69, 9.17) is 9.47 Å². The highest BCUT2D eigenvalue weighted by molar-refractivity contribution is 7.99. The number of Topliss-reactive ketones (excluding diaryl/α,β-unsaturated/α-hetero) is 1. The Bertz CT molecular complexity index is 877. The molecule has 1 aromatic carbocycles. The van der Waals surface area contributed by atoms with Crippen LogP contribution in [0.25, 0.3) is 0 Å². The molecule has 0 bridgehead atoms. The fraction of sp³-hybridized carbons (Fsp3) is 0.235. The van der Waals surface area contributed by atoms with Crippen molar-refractivity contribution in [2.24, 2.45) is 0 Å². The van der Waals surface area contributed by atoms with E-state index in [9.17, 15) is 4.79 Å². The SMILES string of the molecule is O=C(CSc1n[nH]c(Cc2cccs2)n1)c1ccc2c(c1)OCCO2. The third-order valence-electron chi connectivity index (χ3n) is 3.63. The van der Waals surface area contributed by atoms with Crippen molar-refractivity contribution in [3.05, 3.63) is 52.0 Å². The summed E-state index contributed by atoms with van der Waals surface area (Å²) in [7, 11) is 0. The third-order valence-corrected chi connectivity index (χ3v) is 5.35. The van der Waals surface area contributed by atoms with Crippen LogP contribution in [-0.4, -0.2) is 39.9 Å². The van der Waals surface area contributed by atoms with Gasteiger partial charge in [-0.05, 0) is 29.6 Å². The number of carbonyl (C=O) groups excluding carboxylic acids is 1. The highest BCUT2D eigenvalue weighted by atomic mass is 32.2. The molecule has 6 nitrogen and oxygen atoms in total. The standard InChI is InChI=1S/C17H15N3O3S2/c21-13(11-3-4-14-15(8-11)23-6-5-22-14)10-25-17-18-16(19-20-17)9-12-2-1-7-24-12/h1-4,7-8H,5-6,9-10H2,(H,18,19,20). The van der Waals surface area contributed by atoms with Gasteiger partial charge < -0.3 is 9.47 Å². The highest BCUT2D eigenvalue weighted by Crippen LogP contribution is 2.31. The number of aromatic nitrogens is 3. The van der Waals surface area contributed by atoms with Crippen molar-refractivity contribution in [2.45, 2.75) is 11.6 Å². The largest absolute Gasteiger partial charge is 0.486 e. The first kappa shape index (κ1) is 16.2. The first-order valence-electron chi connectivity index (χ1n) is 7.77. The molecule has 0 aliphatic carbocycles. The maximum absolute atomic E-state index is 12.4. The summed E-state index contributed by atoms with van der Waals surface area (Å²) in [5, 5.41) is 9.71. The minimum atomic E-state index is 0.00609. The molecule has 3 heterocycles. The monoisotopic (exact) mass is 373 g/mol. The van der Waals surface area contributed by atoms with Crippen molar-refractivity contribution in [3.8, 4) is 11.5 Å². The first-order chi connectivity index (χ1) is 12.3. The average molecular weight is 373 g/mol. The Kier molecular flexibility index (Phi) is 4.71. The van der Waals surface area contributed by atoms with Gasteiger partial charge in [0.15, 0.2) is 17.3 Å². The normalized spacial score (nSPS) is 13.0. The van der Waals surface area contributed by atoms with Gasteiger partial charge in [-0.15, -0.1) is 16.4 Å². The molecule has 0 saturated carbocycles. The Morgan fingerprint density at radius 2 is 2.12 bits per heavy atom. The minimum Gasteiger partial charge on any atom is -0.486 e. The molecule has 2 aromatic heterocycles. The maximum Gasteiger partial charge on any atom is 0.208 e. The molecule has 0 radical (unpaired) electrons. The molecule has 1 aliphatic heterocycles. The topological polar surface area (TPSA) is 77.1 Å². The summed E-state index contributed by atoms with van der Waals surface area (Å²) in [5.41, 5.74) is 0.603. The third kappa shape index (κ3) is 3.85. The van der Waals surface area contributed by atoms with E-state index in [1.165, 1.54) is 16.6 Å². The van der Waals surface area contributed by atoms with Crippen LogP contribution in [0.3, 0.4) is 0 Å². The molecule has 0 fully saturated rings. The molecule has 25 heavy (non-hydrogen) atoms. The molecule has 128 valence electrons. The zero-order valence-electron chi connectivity index (χ0n) is 13.2. The molecule has 1 N–H and O–H groups in total. The summed E-state index contributed by atoms with van der Waals surface area (Å²) in [5.74, 6) is 2.39. The predicted molar refractivity (Wildman–Crippen MR) is 96.0 cm³/mol. The van der Waals surface area contributed by atoms with Crippen molar-refractivity contribution in [2.75, 3.05) is 19.0 Å². The zero-order chi connectivity index (χ0) is 17.1. The summed E-state index contributed by atoms with van der Waals surface area (Å²) in [6.07, 6.45) is 0.724. The molecule has 3 aromatic rings. The molecular formula is C17H15N3O3S2. The molecule has 0 saturated heterocycles. The molecule has 0 atom stereocenters. The lowest BCUT2D eigenvalue weighted by atomic mass is 10.1. The number of aromatic amines is 1. The number of thioether (sulfide) groups is 1. The average Bonchev–Trinajstić information content (AvgIpc) is 3.32. The van der Waals surface area contributed by atoms with Crippen LogP contribution in [0, 0.1) is 0 Å². The molecule has 8 heteroatoms. The van der Waals surface area contributed by atoms with Crippen LogP contribution in [0.1, 0.15) is 21.1 Å². The second kappa shape index (κ2) is 7.28. The van der Waals surface area contributed by atoms with Crippen molar-refractivity contribution < 1.29 is 14.3 Å². The lowest BCUT2D eigenvalue weighted by Gasteiger charge is -2.18. The van der Waals surface area contributed by atoms with Crippen LogP contribution in [0.4, 0.5) is 0 Å². The number of fused-ring (bicyclic) bond motifs is 1. The maximum atomic E-state index is 12.4. The molecule has 0 spiro atoms. The number of nitrogens with zero attached hydrogens (tertiary/aromatic N) is 2. The van der Waals surface area contributed by atoms with Crippen LogP contribution in [0.15, 0.2) is 40.9 Å². The highest BCUT2D eigenvalue weighted by Gasteiger charge is 2.16. The van der Waals surface area contributed by atoms with Crippen LogP contribution in [0.5, 0.6) is 11.5 Å². The molecule has 0 unspecified atom stereocenters. The number of nitrogens with one attached hydrogen (secondary N) is 1. The van der Waals surface area contributed by atoms with E-state index in [0.29, 0.717) is 35.4 Å². The summed E-state index contributed by atoms with van der Waals surface area (Å²) in [6, 6.07) is 9.34. The Morgan fingerprint density at radius 1 is 1.24 bits per heavy atom. The molecule has 1 aliphatic rings. The fourth-order valence-corrected chi connectivity index (χ4v) is 3.85. The van der Waals surface area contributed by atoms with E-state index >= 15 is 0 Å². The number of carbonyl (C=O) groups is 1. The first-order valence-corrected chi connectivity index (χ1v) is 9.64. The quantitative estimate of drug-likeness (QED) is 0.528. The summed E-state index contributed by atoms with van der Waals surface area (Å²) >= 11 is 3.01. The van der Waals surface area contributed by atoms with Gasteiger partial charge in [-0.1, -0.05) is 17.8 Å². The zero-order valence-corrected chi connectivity index (χ0v) is 14.9. The Morgan fingerprint density at radius 3 is 2.96 bits per heavy atom. The van der Waals surface area contributed by atoms with Gasteiger partial charge in [0, 0.05) is 16.9 Å². The Labute approximate surface area is 152 Å². The van der Waals surface area contributed by atoms with Crippen molar-refractivity contribution >= 4 is 28.9 Å². The predicted octanol–water partition coefficient (Wildman–Crippen LogP) is 3.20. The van der Waals surface area contributed by atoms with Crippen molar-refractivity contribution in [3.63, 3.8) is 0 Å². The number of rotatable bonds is 6. The van der Waals surface area contributed by atoms with Crippen molar-refractivity contribution in [1.29, 1.82) is 0 Å². The number of thiophene rings is 1. The van der Waals surface area contributed by atoms with Crippen molar-refractivity contribution in [1.82, 2.24) is 15.2 Å². The summed E-state index contributed by atoms with van der Waals surface area (Å²) < 4.78 is 11.0. The van der Waals surface area contributed by atoms with E-state index in [0.717, 1.165) is 12.2 Å². The molecular weight excluding hydrogens is 358 g/mol. The van der Waals surface area contributed by atoms with E-state index in [-0.39, 0.29) is 11.5 Å². The van der Waals surface area contributed by atoms with Gasteiger partial charge in [0.2, 0.25) is 5.16 Å². The fourth-order valence-electron chi connectivity index (χ4n) is 2.43. The molecule has 0 amide bonds. The lowest BCUT2D eigenvalue weighted by Crippen LogP contribution is -2.16. The van der Waals surface area contributed by atoms with Gasteiger partial charge in [0.25, 0.3) is 0 Å². The van der Waals surface area contributed by atoms with Gasteiger partial charge in [-0.3, -0.25) is 9.89 Å². The number of ketones is 1. The van der Waals surface area contributed by atoms with E-state index < -0.39 is 0 Å². The van der Waals surface area contributed by atoms with Gasteiger partial charge in [-0.2, -0.15) is 0 Å². The smallest absolute Gasteiger partial charge is 0.208 e. The van der Waals surface area contributed by atoms with Crippen LogP contribution in [-0.2, 0) is 6.42 Å². The van der Waals surface area contributed by atoms with E-state index in [1.54, 1.807) is 29.5 Å². The Balaban J connectivity index is 1.36. The summed E-state index contributed by atoms with van der Waals surface area (Å²) in [6.45, 7) is 1.04. The second-order valence-electron chi connectivity index (χ2n) is 5.39. The lowest BCUT2D eigenvalue weighted by molar-refractivity contribution is 0.102. The number of H-pyrrole nitrogens is 1. The van der Waals surface area contributed by atoms with E-state index in [1.807, 2.05) is 11.4 Å². The van der Waals surface area contributed by atoms with Crippen LogP contribution < -0.4 is 9.47 Å². The van der Waals surface area contributed by atoms with E-state index in [2.05, 4.69) is 21.2 Å². The minimum absolute atomic E-state index is 0.00609. The van der Waals surface area contributed by atoms with Crippen LogP contribution >= 0.6 is 23.1 Å². The summed E-state index contributed by atoms with van der Waals surface area (Å²) in [4.78, 5) is 18.0. The molecule has 4 rings (SSSR count). The number of ether oxygens (including phenoxy) is 2. The van der Waals surface area contributed by atoms with Gasteiger partial charge in [0.1, 0.15) is 19.0 Å².